The van der Waals surface area contributed by atoms with Gasteiger partial charge in [0.05, 0.1) is 10.8 Å². The third-order valence-electron chi connectivity index (χ3n) is 6.75. The van der Waals surface area contributed by atoms with E-state index in [1.54, 1.807) is 35.2 Å². The molecular formula is C25H29N3O6S. The predicted octanol–water partition coefficient (Wildman–Crippen LogP) is 2.93. The zero-order valence-corrected chi connectivity index (χ0v) is 20.5. The van der Waals surface area contributed by atoms with Crippen LogP contribution in [-0.4, -0.2) is 57.4 Å². The zero-order chi connectivity index (χ0) is 24.6. The van der Waals surface area contributed by atoms with Crippen LogP contribution in [0.15, 0.2) is 41.3 Å². The van der Waals surface area contributed by atoms with Crippen molar-refractivity contribution < 1.29 is 27.5 Å². The fraction of sp³-hybridized carbons (Fsp3) is 0.440. The lowest BCUT2D eigenvalue weighted by atomic mass is 10.1. The van der Waals surface area contributed by atoms with Crippen LogP contribution in [0.1, 0.15) is 31.2 Å². The van der Waals surface area contributed by atoms with Gasteiger partial charge in [-0.15, -0.1) is 0 Å². The smallest absolute Gasteiger partial charge is 0.243 e. The second kappa shape index (κ2) is 9.50. The van der Waals surface area contributed by atoms with E-state index in [2.05, 4.69) is 5.32 Å². The van der Waals surface area contributed by atoms with Crippen molar-refractivity contribution in [1.82, 2.24) is 4.31 Å². The molecule has 9 nitrogen and oxygen atoms in total. The van der Waals surface area contributed by atoms with Crippen LogP contribution in [0, 0.1) is 12.8 Å². The van der Waals surface area contributed by atoms with Gasteiger partial charge in [-0.2, -0.15) is 4.31 Å². The van der Waals surface area contributed by atoms with Crippen LogP contribution in [0.4, 0.5) is 11.4 Å². The van der Waals surface area contributed by atoms with Gasteiger partial charge >= 0.3 is 0 Å². The van der Waals surface area contributed by atoms with Gasteiger partial charge in [0.2, 0.25) is 21.8 Å². The monoisotopic (exact) mass is 499 g/mol. The lowest BCUT2D eigenvalue weighted by Crippen LogP contribution is -2.35. The molecule has 2 fully saturated rings. The van der Waals surface area contributed by atoms with Crippen LogP contribution in [-0.2, 0) is 19.6 Å². The Hall–Kier alpha value is -3.11. The lowest BCUT2D eigenvalue weighted by molar-refractivity contribution is -0.122. The predicted molar refractivity (Wildman–Crippen MR) is 130 cm³/mol. The number of fused-ring (bicyclic) bond motifs is 1. The maximum atomic E-state index is 13.1. The van der Waals surface area contributed by atoms with Gasteiger partial charge in [-0.3, -0.25) is 9.59 Å². The number of carbonyl (C=O) groups is 2. The molecule has 0 bridgehead atoms. The van der Waals surface area contributed by atoms with Crippen LogP contribution in [0.2, 0.25) is 0 Å². The van der Waals surface area contributed by atoms with Gasteiger partial charge in [0.15, 0.2) is 11.5 Å². The van der Waals surface area contributed by atoms with E-state index in [1.807, 2.05) is 6.92 Å². The van der Waals surface area contributed by atoms with Gasteiger partial charge in [-0.1, -0.05) is 12.5 Å². The summed E-state index contributed by atoms with van der Waals surface area (Å²) in [7, 11) is -3.62. The minimum absolute atomic E-state index is 0.0745. The molecule has 2 aromatic rings. The maximum Gasteiger partial charge on any atom is 0.243 e. The average molecular weight is 500 g/mol. The van der Waals surface area contributed by atoms with Crippen LogP contribution in [0.5, 0.6) is 11.5 Å². The molecule has 0 spiro atoms. The van der Waals surface area contributed by atoms with Gasteiger partial charge in [0, 0.05) is 43.5 Å². The molecule has 3 aliphatic heterocycles. The molecule has 1 atom stereocenters. The number of rotatable bonds is 5. The van der Waals surface area contributed by atoms with Crippen molar-refractivity contribution in [2.75, 3.05) is 43.1 Å². The Bertz CT molecular complexity index is 1260. The minimum Gasteiger partial charge on any atom is -0.486 e. The summed E-state index contributed by atoms with van der Waals surface area (Å²) in [6.45, 7) is 4.00. The molecule has 0 unspecified atom stereocenters. The highest BCUT2D eigenvalue weighted by Gasteiger charge is 2.36. The third-order valence-corrected chi connectivity index (χ3v) is 8.65. The van der Waals surface area contributed by atoms with Crippen molar-refractivity contribution in [2.45, 2.75) is 37.5 Å². The molecule has 2 saturated heterocycles. The fourth-order valence-electron chi connectivity index (χ4n) is 4.72. The molecule has 5 rings (SSSR count). The highest BCUT2D eigenvalue weighted by Crippen LogP contribution is 2.36. The van der Waals surface area contributed by atoms with E-state index in [0.29, 0.717) is 49.2 Å². The first-order valence-electron chi connectivity index (χ1n) is 11.9. The lowest BCUT2D eigenvalue weighted by Gasteiger charge is -2.26. The number of anilines is 2. The average Bonchev–Trinajstić information content (AvgIpc) is 3.27. The van der Waals surface area contributed by atoms with E-state index in [9.17, 15) is 18.0 Å². The van der Waals surface area contributed by atoms with Gasteiger partial charge in [-0.25, -0.2) is 8.42 Å². The maximum absolute atomic E-state index is 13.1. The molecule has 10 heteroatoms. The number of hydrogen-bond acceptors (Lipinski definition) is 6. The van der Waals surface area contributed by atoms with E-state index in [0.717, 1.165) is 24.8 Å². The molecule has 0 aromatic heterocycles. The molecule has 186 valence electrons. The molecule has 1 N–H and O–H groups in total. The Morgan fingerprint density at radius 3 is 2.51 bits per heavy atom. The molecular weight excluding hydrogens is 470 g/mol. The Morgan fingerprint density at radius 1 is 1.00 bits per heavy atom. The number of ether oxygens (including phenoxy) is 2. The van der Waals surface area contributed by atoms with Crippen molar-refractivity contribution >= 4 is 33.2 Å². The fourth-order valence-corrected chi connectivity index (χ4v) is 6.26. The van der Waals surface area contributed by atoms with Gasteiger partial charge in [-0.05, 0) is 49.6 Å². The Balaban J connectivity index is 1.30. The largest absolute Gasteiger partial charge is 0.486 e. The summed E-state index contributed by atoms with van der Waals surface area (Å²) >= 11 is 0. The highest BCUT2D eigenvalue weighted by molar-refractivity contribution is 7.89. The SMILES string of the molecule is Cc1ccc(S(=O)(=O)N2CCCCC2)cc1NC(=O)[C@@H]1CC(=O)N(c2ccc3c(c2)OCCO3)C1. The van der Waals surface area contributed by atoms with Crippen LogP contribution < -0.4 is 19.7 Å². The van der Waals surface area contributed by atoms with Crippen LogP contribution in [0.3, 0.4) is 0 Å². The number of nitrogens with zero attached hydrogens (tertiary/aromatic N) is 2. The Kier molecular flexibility index (Phi) is 6.41. The Labute approximate surface area is 205 Å². The second-order valence-electron chi connectivity index (χ2n) is 9.16. The van der Waals surface area contributed by atoms with E-state index in [4.69, 9.17) is 9.47 Å². The molecule has 0 radical (unpaired) electrons. The van der Waals surface area contributed by atoms with Gasteiger partial charge in [0.25, 0.3) is 0 Å². The topological polar surface area (TPSA) is 105 Å². The summed E-state index contributed by atoms with van der Waals surface area (Å²) in [4.78, 5) is 27.6. The summed E-state index contributed by atoms with van der Waals surface area (Å²) in [5.41, 5.74) is 1.85. The van der Waals surface area contributed by atoms with E-state index in [1.165, 1.54) is 10.4 Å². The molecule has 3 aliphatic rings. The van der Waals surface area contributed by atoms with E-state index < -0.39 is 15.9 Å². The van der Waals surface area contributed by atoms with Crippen LogP contribution >= 0.6 is 0 Å². The first-order chi connectivity index (χ1) is 16.8. The zero-order valence-electron chi connectivity index (χ0n) is 19.7. The molecule has 35 heavy (non-hydrogen) atoms. The number of benzene rings is 2. The number of sulfonamides is 1. The number of carbonyl (C=O) groups excluding carboxylic acids is 2. The molecule has 0 aliphatic carbocycles. The second-order valence-corrected chi connectivity index (χ2v) is 11.1. The standard InChI is InChI=1S/C25H29N3O6S/c1-17-5-7-20(35(31,32)27-9-3-2-4-10-27)15-21(17)26-25(30)18-13-24(29)28(16-18)19-6-8-22-23(14-19)34-12-11-33-22/h5-8,14-15,18H,2-4,9-13,16H2,1H3,(H,26,30)/t18-/m1/s1. The number of piperidine rings is 1. The minimum atomic E-state index is -3.62. The first kappa shape index (κ1) is 23.6. The van der Waals surface area contributed by atoms with Crippen molar-refractivity contribution in [1.29, 1.82) is 0 Å². The van der Waals surface area contributed by atoms with Crippen LogP contribution in [0.25, 0.3) is 0 Å². The number of aryl methyl sites for hydroxylation is 1. The van der Waals surface area contributed by atoms with Crippen molar-refractivity contribution in [3.05, 3.63) is 42.0 Å². The van der Waals surface area contributed by atoms with Gasteiger partial charge < -0.3 is 19.7 Å². The molecule has 2 aromatic carbocycles. The first-order valence-corrected chi connectivity index (χ1v) is 13.4. The molecule has 3 heterocycles. The summed E-state index contributed by atoms with van der Waals surface area (Å²) in [6, 6.07) is 10.1. The Morgan fingerprint density at radius 2 is 1.74 bits per heavy atom. The summed E-state index contributed by atoms with van der Waals surface area (Å²) < 4.78 is 38.8. The van der Waals surface area contributed by atoms with Crippen molar-refractivity contribution in [3.63, 3.8) is 0 Å². The quantitative estimate of drug-likeness (QED) is 0.678. The molecule has 2 amide bonds. The van der Waals surface area contributed by atoms with E-state index in [-0.39, 0.29) is 29.7 Å². The van der Waals surface area contributed by atoms with Crippen molar-refractivity contribution in [3.8, 4) is 11.5 Å². The number of amides is 2. The van der Waals surface area contributed by atoms with Crippen molar-refractivity contribution in [2.24, 2.45) is 5.92 Å². The van der Waals surface area contributed by atoms with E-state index >= 15 is 0 Å². The number of hydrogen-bond donors (Lipinski definition) is 1. The highest BCUT2D eigenvalue weighted by atomic mass is 32.2. The number of nitrogens with one attached hydrogen (secondary N) is 1. The molecule has 0 saturated carbocycles. The third kappa shape index (κ3) is 4.72. The van der Waals surface area contributed by atoms with Gasteiger partial charge in [0.1, 0.15) is 13.2 Å². The summed E-state index contributed by atoms with van der Waals surface area (Å²) in [5, 5.41) is 2.86. The summed E-state index contributed by atoms with van der Waals surface area (Å²) in [6.07, 6.45) is 2.81. The normalized spacial score (nSPS) is 20.7. The summed E-state index contributed by atoms with van der Waals surface area (Å²) in [5.74, 6) is 0.194.